The molecular formula is C14H17ClN2O. The highest BCUT2D eigenvalue weighted by Gasteiger charge is 2.07. The quantitative estimate of drug-likeness (QED) is 0.803. The van der Waals surface area contributed by atoms with Gasteiger partial charge in [0.15, 0.2) is 0 Å². The van der Waals surface area contributed by atoms with Crippen LogP contribution in [0, 0.1) is 19.3 Å². The maximum absolute atomic E-state index is 11.7. The van der Waals surface area contributed by atoms with Crippen LogP contribution in [0.15, 0.2) is 18.2 Å². The van der Waals surface area contributed by atoms with Crippen molar-refractivity contribution in [3.63, 3.8) is 0 Å². The zero-order valence-electron chi connectivity index (χ0n) is 10.6. The minimum absolute atomic E-state index is 0.0730. The van der Waals surface area contributed by atoms with Gasteiger partial charge in [0.1, 0.15) is 0 Å². The minimum Gasteiger partial charge on any atom is -0.325 e. The molecule has 0 spiro atoms. The molecule has 0 bridgehead atoms. The van der Waals surface area contributed by atoms with Gasteiger partial charge in [-0.2, -0.15) is 0 Å². The normalized spacial score (nSPS) is 11.7. The van der Waals surface area contributed by atoms with Crippen molar-refractivity contribution < 1.29 is 4.79 Å². The molecule has 0 aliphatic rings. The summed E-state index contributed by atoms with van der Waals surface area (Å²) in [6, 6.07) is 5.31. The minimum atomic E-state index is -0.130. The summed E-state index contributed by atoms with van der Waals surface area (Å²) in [5.74, 6) is 2.45. The number of halogens is 1. The monoisotopic (exact) mass is 264 g/mol. The van der Waals surface area contributed by atoms with Crippen molar-refractivity contribution >= 4 is 23.2 Å². The summed E-state index contributed by atoms with van der Waals surface area (Å²) in [6.07, 6.45) is 6.10. The van der Waals surface area contributed by atoms with Gasteiger partial charge in [-0.1, -0.05) is 30.5 Å². The second kappa shape index (κ2) is 7.05. The van der Waals surface area contributed by atoms with Crippen LogP contribution in [0.25, 0.3) is 0 Å². The molecule has 4 heteroatoms. The number of aryl methyl sites for hydroxylation is 1. The molecule has 0 saturated carbocycles. The fourth-order valence-electron chi connectivity index (χ4n) is 1.46. The smallest absolute Gasteiger partial charge is 0.238 e. The van der Waals surface area contributed by atoms with E-state index in [4.69, 9.17) is 18.0 Å². The van der Waals surface area contributed by atoms with E-state index in [9.17, 15) is 4.79 Å². The Morgan fingerprint density at radius 3 is 2.89 bits per heavy atom. The fourth-order valence-corrected chi connectivity index (χ4v) is 1.63. The lowest BCUT2D eigenvalue weighted by Gasteiger charge is -2.12. The molecule has 0 fully saturated rings. The van der Waals surface area contributed by atoms with Crippen molar-refractivity contribution in [1.82, 2.24) is 5.32 Å². The summed E-state index contributed by atoms with van der Waals surface area (Å²) in [4.78, 5) is 11.7. The maximum atomic E-state index is 11.7. The van der Waals surface area contributed by atoms with E-state index in [2.05, 4.69) is 16.6 Å². The predicted octanol–water partition coefficient (Wildman–Crippen LogP) is 2.59. The van der Waals surface area contributed by atoms with E-state index in [-0.39, 0.29) is 18.5 Å². The second-order valence-corrected chi connectivity index (χ2v) is 4.45. The topological polar surface area (TPSA) is 41.1 Å². The number of hydrogen-bond donors (Lipinski definition) is 2. The zero-order chi connectivity index (χ0) is 13.5. The number of carbonyl (C=O) groups is 1. The molecule has 0 aliphatic carbocycles. The highest BCUT2D eigenvalue weighted by molar-refractivity contribution is 6.31. The van der Waals surface area contributed by atoms with Gasteiger partial charge in [0.25, 0.3) is 0 Å². The summed E-state index contributed by atoms with van der Waals surface area (Å²) in [6.45, 7) is 4.07. The number of carbonyl (C=O) groups excluding carboxylic acids is 1. The van der Waals surface area contributed by atoms with Crippen LogP contribution < -0.4 is 10.6 Å². The Morgan fingerprint density at radius 2 is 2.28 bits per heavy atom. The van der Waals surface area contributed by atoms with Crippen LogP contribution in [0.2, 0.25) is 5.02 Å². The van der Waals surface area contributed by atoms with Gasteiger partial charge < -0.3 is 5.32 Å². The molecule has 1 aromatic carbocycles. The van der Waals surface area contributed by atoms with Gasteiger partial charge in [-0.25, -0.2) is 0 Å². The molecule has 96 valence electrons. The molecule has 3 nitrogen and oxygen atoms in total. The van der Waals surface area contributed by atoms with E-state index in [1.54, 1.807) is 12.1 Å². The number of terminal acetylenes is 1. The Labute approximate surface area is 113 Å². The first-order valence-electron chi connectivity index (χ1n) is 5.82. The third kappa shape index (κ3) is 4.40. The standard InChI is InChI=1S/C14H17ClN2O/c1-4-12(5-2)16-9-14(18)17-13-8-11(15)7-6-10(13)3/h1,6-8,12,16H,5,9H2,2-3H3,(H,17,18). The van der Waals surface area contributed by atoms with Crippen molar-refractivity contribution in [3.8, 4) is 12.3 Å². The lowest BCUT2D eigenvalue weighted by atomic mass is 10.2. The molecule has 18 heavy (non-hydrogen) atoms. The highest BCUT2D eigenvalue weighted by Crippen LogP contribution is 2.19. The Bertz CT molecular complexity index is 465. The Hall–Kier alpha value is -1.50. The third-order valence-electron chi connectivity index (χ3n) is 2.59. The van der Waals surface area contributed by atoms with Crippen LogP contribution >= 0.6 is 11.6 Å². The molecule has 1 rings (SSSR count). The molecule has 1 amide bonds. The average Bonchev–Trinajstić information content (AvgIpc) is 2.35. The van der Waals surface area contributed by atoms with E-state index < -0.39 is 0 Å². The van der Waals surface area contributed by atoms with E-state index in [1.807, 2.05) is 19.9 Å². The first-order chi connectivity index (χ1) is 8.56. The van der Waals surface area contributed by atoms with Crippen molar-refractivity contribution in [1.29, 1.82) is 0 Å². The largest absolute Gasteiger partial charge is 0.325 e. The third-order valence-corrected chi connectivity index (χ3v) is 2.83. The zero-order valence-corrected chi connectivity index (χ0v) is 11.3. The van der Waals surface area contributed by atoms with Crippen LogP contribution in [0.3, 0.4) is 0 Å². The van der Waals surface area contributed by atoms with Crippen LogP contribution in [-0.2, 0) is 4.79 Å². The predicted molar refractivity (Wildman–Crippen MR) is 75.7 cm³/mol. The first kappa shape index (κ1) is 14.6. The van der Waals surface area contributed by atoms with Crippen LogP contribution in [0.1, 0.15) is 18.9 Å². The van der Waals surface area contributed by atoms with Crippen LogP contribution in [0.4, 0.5) is 5.69 Å². The SMILES string of the molecule is C#CC(CC)NCC(=O)Nc1cc(Cl)ccc1C. The van der Waals surface area contributed by atoms with Crippen molar-refractivity contribution in [2.45, 2.75) is 26.3 Å². The van der Waals surface area contributed by atoms with Gasteiger partial charge in [0, 0.05) is 10.7 Å². The number of benzene rings is 1. The lowest BCUT2D eigenvalue weighted by Crippen LogP contribution is -2.35. The summed E-state index contributed by atoms with van der Waals surface area (Å²) < 4.78 is 0. The van der Waals surface area contributed by atoms with E-state index in [0.717, 1.165) is 17.7 Å². The van der Waals surface area contributed by atoms with E-state index in [0.29, 0.717) is 5.02 Å². The summed E-state index contributed by atoms with van der Waals surface area (Å²) in [7, 11) is 0. The lowest BCUT2D eigenvalue weighted by molar-refractivity contribution is -0.115. The Morgan fingerprint density at radius 1 is 1.56 bits per heavy atom. The average molecular weight is 265 g/mol. The number of hydrogen-bond acceptors (Lipinski definition) is 2. The molecule has 2 N–H and O–H groups in total. The Balaban J connectivity index is 2.55. The molecule has 0 saturated heterocycles. The first-order valence-corrected chi connectivity index (χ1v) is 6.20. The number of anilines is 1. The van der Waals surface area contributed by atoms with Crippen molar-refractivity contribution in [2.24, 2.45) is 0 Å². The number of rotatable bonds is 5. The molecule has 1 atom stereocenters. The molecular weight excluding hydrogens is 248 g/mol. The molecule has 1 unspecified atom stereocenters. The molecule has 0 aromatic heterocycles. The van der Waals surface area contributed by atoms with Crippen molar-refractivity contribution in [2.75, 3.05) is 11.9 Å². The summed E-state index contributed by atoms with van der Waals surface area (Å²) in [5, 5.41) is 6.39. The van der Waals surface area contributed by atoms with Gasteiger partial charge in [-0.15, -0.1) is 6.42 Å². The number of amides is 1. The van der Waals surface area contributed by atoms with Gasteiger partial charge >= 0.3 is 0 Å². The maximum Gasteiger partial charge on any atom is 0.238 e. The number of nitrogens with one attached hydrogen (secondary N) is 2. The van der Waals surface area contributed by atoms with Gasteiger partial charge in [-0.05, 0) is 31.0 Å². The Kier molecular flexibility index (Phi) is 5.70. The van der Waals surface area contributed by atoms with E-state index in [1.165, 1.54) is 0 Å². The van der Waals surface area contributed by atoms with Crippen LogP contribution in [-0.4, -0.2) is 18.5 Å². The highest BCUT2D eigenvalue weighted by atomic mass is 35.5. The summed E-state index contributed by atoms with van der Waals surface area (Å²) >= 11 is 5.88. The van der Waals surface area contributed by atoms with Gasteiger partial charge in [0.2, 0.25) is 5.91 Å². The van der Waals surface area contributed by atoms with E-state index >= 15 is 0 Å². The fraction of sp³-hybridized carbons (Fsp3) is 0.357. The van der Waals surface area contributed by atoms with Crippen LogP contribution in [0.5, 0.6) is 0 Å². The van der Waals surface area contributed by atoms with Gasteiger partial charge in [0.05, 0.1) is 12.6 Å². The second-order valence-electron chi connectivity index (χ2n) is 4.02. The molecule has 0 radical (unpaired) electrons. The van der Waals surface area contributed by atoms with Gasteiger partial charge in [-0.3, -0.25) is 10.1 Å². The molecule has 0 heterocycles. The molecule has 0 aliphatic heterocycles. The summed E-state index contributed by atoms with van der Waals surface area (Å²) in [5.41, 5.74) is 1.69. The molecule has 1 aromatic rings. The van der Waals surface area contributed by atoms with Crippen molar-refractivity contribution in [3.05, 3.63) is 28.8 Å².